The van der Waals surface area contributed by atoms with Crippen LogP contribution in [0.5, 0.6) is 5.75 Å². The molecular formula is C23H34N2O3. The summed E-state index contributed by atoms with van der Waals surface area (Å²) in [6, 6.07) is 5.63. The molecule has 0 radical (unpaired) electrons. The summed E-state index contributed by atoms with van der Waals surface area (Å²) in [7, 11) is 0. The van der Waals surface area contributed by atoms with Gasteiger partial charge in [-0.1, -0.05) is 33.1 Å². The van der Waals surface area contributed by atoms with E-state index in [2.05, 4.69) is 19.2 Å². The van der Waals surface area contributed by atoms with E-state index in [1.165, 1.54) is 19.3 Å². The van der Waals surface area contributed by atoms with E-state index in [0.29, 0.717) is 37.2 Å². The molecule has 28 heavy (non-hydrogen) atoms. The van der Waals surface area contributed by atoms with Crippen LogP contribution in [0.2, 0.25) is 0 Å². The van der Waals surface area contributed by atoms with E-state index in [4.69, 9.17) is 4.74 Å². The first-order valence-electron chi connectivity index (χ1n) is 10.6. The van der Waals surface area contributed by atoms with Gasteiger partial charge in [-0.05, 0) is 50.7 Å². The Hall–Kier alpha value is -2.04. The van der Waals surface area contributed by atoms with Gasteiger partial charge in [-0.15, -0.1) is 0 Å². The fourth-order valence-electron chi connectivity index (χ4n) is 4.14. The Morgan fingerprint density at radius 2 is 1.96 bits per heavy atom. The summed E-state index contributed by atoms with van der Waals surface area (Å²) in [6.07, 6.45) is 6.66. The summed E-state index contributed by atoms with van der Waals surface area (Å²) in [4.78, 5) is 27.3. The second-order valence-corrected chi connectivity index (χ2v) is 9.42. The SMILES string of the molecule is CC(C)CN1C(=O)C(C)(C)COc2cc(NC(=O)CC3CCCCC3)ccc21. The van der Waals surface area contributed by atoms with Crippen molar-refractivity contribution in [1.29, 1.82) is 0 Å². The predicted molar refractivity (Wildman–Crippen MR) is 113 cm³/mol. The van der Waals surface area contributed by atoms with Crippen molar-refractivity contribution in [1.82, 2.24) is 0 Å². The third-order valence-electron chi connectivity index (χ3n) is 5.69. The van der Waals surface area contributed by atoms with E-state index >= 15 is 0 Å². The number of anilines is 2. The Balaban J connectivity index is 1.76. The van der Waals surface area contributed by atoms with Gasteiger partial charge in [0.25, 0.3) is 0 Å². The number of ether oxygens (including phenoxy) is 1. The molecule has 154 valence electrons. The van der Waals surface area contributed by atoms with Gasteiger partial charge in [-0.25, -0.2) is 0 Å². The van der Waals surface area contributed by atoms with Crippen molar-refractivity contribution in [2.75, 3.05) is 23.4 Å². The van der Waals surface area contributed by atoms with E-state index in [-0.39, 0.29) is 11.8 Å². The predicted octanol–water partition coefficient (Wildman–Crippen LogP) is 5.00. The van der Waals surface area contributed by atoms with Crippen LogP contribution in [0.25, 0.3) is 0 Å². The molecule has 1 aromatic carbocycles. The van der Waals surface area contributed by atoms with Crippen LogP contribution in [0.3, 0.4) is 0 Å². The van der Waals surface area contributed by atoms with Crippen LogP contribution in [0, 0.1) is 17.3 Å². The lowest BCUT2D eigenvalue weighted by Gasteiger charge is -2.29. The van der Waals surface area contributed by atoms with Crippen LogP contribution < -0.4 is 15.0 Å². The van der Waals surface area contributed by atoms with Crippen LogP contribution in [0.15, 0.2) is 18.2 Å². The van der Waals surface area contributed by atoms with E-state index in [1.807, 2.05) is 36.9 Å². The number of hydrogen-bond donors (Lipinski definition) is 1. The Bertz CT molecular complexity index is 721. The lowest BCUT2D eigenvalue weighted by molar-refractivity contribution is -0.127. The zero-order valence-electron chi connectivity index (χ0n) is 17.7. The fourth-order valence-corrected chi connectivity index (χ4v) is 4.14. The number of nitrogens with one attached hydrogen (secondary N) is 1. The second-order valence-electron chi connectivity index (χ2n) is 9.42. The largest absolute Gasteiger partial charge is 0.490 e. The molecule has 0 saturated heterocycles. The number of carbonyl (C=O) groups excluding carboxylic acids is 2. The number of hydrogen-bond acceptors (Lipinski definition) is 3. The van der Waals surface area contributed by atoms with Crippen molar-refractivity contribution in [3.8, 4) is 5.75 Å². The van der Waals surface area contributed by atoms with Crippen molar-refractivity contribution in [2.45, 2.75) is 66.2 Å². The molecule has 0 atom stereocenters. The third kappa shape index (κ3) is 4.86. The summed E-state index contributed by atoms with van der Waals surface area (Å²) < 4.78 is 6.00. The maximum absolute atomic E-state index is 13.0. The number of benzene rings is 1. The van der Waals surface area contributed by atoms with Crippen molar-refractivity contribution in [3.05, 3.63) is 18.2 Å². The van der Waals surface area contributed by atoms with Gasteiger partial charge in [-0.2, -0.15) is 0 Å². The molecule has 1 heterocycles. The van der Waals surface area contributed by atoms with Gasteiger partial charge < -0.3 is 15.0 Å². The maximum Gasteiger partial charge on any atom is 0.236 e. The van der Waals surface area contributed by atoms with Gasteiger partial charge in [0.05, 0.1) is 11.1 Å². The minimum Gasteiger partial charge on any atom is -0.490 e. The highest BCUT2D eigenvalue weighted by Gasteiger charge is 2.38. The van der Waals surface area contributed by atoms with Crippen molar-refractivity contribution >= 4 is 23.2 Å². The highest BCUT2D eigenvalue weighted by molar-refractivity contribution is 6.00. The lowest BCUT2D eigenvalue weighted by Crippen LogP contribution is -2.43. The molecule has 5 nitrogen and oxygen atoms in total. The highest BCUT2D eigenvalue weighted by atomic mass is 16.5. The van der Waals surface area contributed by atoms with Crippen LogP contribution in [0.4, 0.5) is 11.4 Å². The zero-order valence-corrected chi connectivity index (χ0v) is 17.7. The van der Waals surface area contributed by atoms with Gasteiger partial charge in [-0.3, -0.25) is 9.59 Å². The smallest absolute Gasteiger partial charge is 0.236 e. The lowest BCUT2D eigenvalue weighted by atomic mass is 9.87. The standard InChI is InChI=1S/C23H34N2O3/c1-16(2)14-25-19-11-10-18(13-20(19)28-15-23(3,4)22(25)27)24-21(26)12-17-8-6-5-7-9-17/h10-11,13,16-17H,5-9,12,14-15H2,1-4H3,(H,24,26). The van der Waals surface area contributed by atoms with E-state index in [1.54, 1.807) is 0 Å². The van der Waals surface area contributed by atoms with E-state index < -0.39 is 5.41 Å². The van der Waals surface area contributed by atoms with Crippen molar-refractivity contribution in [2.24, 2.45) is 17.3 Å². The van der Waals surface area contributed by atoms with Crippen LogP contribution in [-0.2, 0) is 9.59 Å². The van der Waals surface area contributed by atoms with Crippen molar-refractivity contribution < 1.29 is 14.3 Å². The number of rotatable bonds is 5. The maximum atomic E-state index is 13.0. The van der Waals surface area contributed by atoms with E-state index in [0.717, 1.165) is 24.2 Å². The first-order chi connectivity index (χ1) is 13.3. The first-order valence-corrected chi connectivity index (χ1v) is 10.6. The average molecular weight is 387 g/mol. The Kier molecular flexibility index (Phi) is 6.31. The molecule has 2 amide bonds. The molecule has 5 heteroatoms. The molecule has 0 unspecified atom stereocenters. The van der Waals surface area contributed by atoms with E-state index in [9.17, 15) is 9.59 Å². The zero-order chi connectivity index (χ0) is 20.3. The summed E-state index contributed by atoms with van der Waals surface area (Å²) in [5.74, 6) is 1.66. The Morgan fingerprint density at radius 3 is 2.64 bits per heavy atom. The van der Waals surface area contributed by atoms with Crippen molar-refractivity contribution in [3.63, 3.8) is 0 Å². The van der Waals surface area contributed by atoms with Crippen LogP contribution >= 0.6 is 0 Å². The molecule has 1 aliphatic heterocycles. The normalized spacial score (nSPS) is 19.8. The topological polar surface area (TPSA) is 58.6 Å². The van der Waals surface area contributed by atoms with Crippen LogP contribution in [-0.4, -0.2) is 25.0 Å². The van der Waals surface area contributed by atoms with Gasteiger partial charge in [0.15, 0.2) is 0 Å². The van der Waals surface area contributed by atoms with Gasteiger partial charge in [0.1, 0.15) is 12.4 Å². The molecule has 0 spiro atoms. The summed E-state index contributed by atoms with van der Waals surface area (Å²) >= 11 is 0. The molecule has 1 N–H and O–H groups in total. The third-order valence-corrected chi connectivity index (χ3v) is 5.69. The number of carbonyl (C=O) groups is 2. The molecule has 1 fully saturated rings. The number of nitrogens with zero attached hydrogens (tertiary/aromatic N) is 1. The summed E-state index contributed by atoms with van der Waals surface area (Å²) in [5.41, 5.74) is 0.934. The van der Waals surface area contributed by atoms with Gasteiger partial charge >= 0.3 is 0 Å². The Labute approximate surface area is 168 Å². The highest BCUT2D eigenvalue weighted by Crippen LogP contribution is 2.38. The molecule has 1 aliphatic carbocycles. The summed E-state index contributed by atoms with van der Waals surface area (Å²) in [6.45, 7) is 9.01. The van der Waals surface area contributed by atoms with Gasteiger partial charge in [0.2, 0.25) is 11.8 Å². The number of amides is 2. The Morgan fingerprint density at radius 1 is 1.25 bits per heavy atom. The quantitative estimate of drug-likeness (QED) is 0.774. The molecular weight excluding hydrogens is 352 g/mol. The minimum absolute atomic E-state index is 0.0657. The first kappa shape index (κ1) is 20.7. The molecule has 0 bridgehead atoms. The molecule has 0 aromatic heterocycles. The minimum atomic E-state index is -0.585. The number of fused-ring (bicyclic) bond motifs is 1. The average Bonchev–Trinajstić information content (AvgIpc) is 2.72. The molecule has 2 aliphatic rings. The monoisotopic (exact) mass is 386 g/mol. The fraction of sp³-hybridized carbons (Fsp3) is 0.652. The van der Waals surface area contributed by atoms with Crippen LogP contribution in [0.1, 0.15) is 66.2 Å². The molecule has 3 rings (SSSR count). The second kappa shape index (κ2) is 8.54. The molecule has 1 aromatic rings. The van der Waals surface area contributed by atoms with Gasteiger partial charge in [0, 0.05) is 24.7 Å². The summed E-state index contributed by atoms with van der Waals surface area (Å²) in [5, 5.41) is 3.02. The molecule has 1 saturated carbocycles.